The van der Waals surface area contributed by atoms with Crippen molar-refractivity contribution in [1.82, 2.24) is 4.98 Å². The van der Waals surface area contributed by atoms with Crippen molar-refractivity contribution in [2.75, 3.05) is 7.11 Å². The van der Waals surface area contributed by atoms with Crippen LogP contribution in [0.4, 0.5) is 8.78 Å². The maximum absolute atomic E-state index is 12.4. The molecule has 0 fully saturated rings. The van der Waals surface area contributed by atoms with Crippen molar-refractivity contribution in [1.29, 1.82) is 0 Å². The topological polar surface area (TPSA) is 70.0 Å². The molecule has 2 aromatic rings. The number of halogens is 2. The van der Waals surface area contributed by atoms with Crippen LogP contribution in [0.1, 0.15) is 16.3 Å². The van der Waals surface area contributed by atoms with Crippen molar-refractivity contribution >= 4 is 29.3 Å². The number of aliphatic imine (C=N–C) groups is 1. The normalized spacial score (nSPS) is 15.5. The summed E-state index contributed by atoms with van der Waals surface area (Å²) in [5.41, 5.74) is 1.11. The molecule has 1 aromatic heterocycles. The van der Waals surface area contributed by atoms with Crippen molar-refractivity contribution in [2.24, 2.45) is 4.99 Å². The minimum atomic E-state index is -2.97. The monoisotopic (exact) mass is 366 g/mol. The molecule has 1 aliphatic rings. The Bertz CT molecular complexity index is 877. The first-order valence-corrected chi connectivity index (χ1v) is 7.92. The first-order valence-electron chi connectivity index (χ1n) is 7.04. The van der Waals surface area contributed by atoms with E-state index in [4.69, 9.17) is 9.47 Å². The molecule has 0 unspecified atom stereocenters. The Balaban J connectivity index is 1.90. The maximum Gasteiger partial charge on any atom is 0.387 e. The summed E-state index contributed by atoms with van der Waals surface area (Å²) in [5.74, 6) is -0.624. The van der Waals surface area contributed by atoms with Gasteiger partial charge in [-0.2, -0.15) is 8.78 Å². The number of ether oxygens (including phenoxy) is 3. The van der Waals surface area contributed by atoms with Gasteiger partial charge in [-0.25, -0.2) is 14.8 Å². The van der Waals surface area contributed by atoms with Gasteiger partial charge in [-0.1, -0.05) is 0 Å². The molecule has 1 aromatic carbocycles. The zero-order valence-electron chi connectivity index (χ0n) is 13.2. The van der Waals surface area contributed by atoms with E-state index in [9.17, 15) is 13.6 Å². The van der Waals surface area contributed by atoms with Gasteiger partial charge >= 0.3 is 12.6 Å². The smallest absolute Gasteiger partial charge is 0.387 e. The third kappa shape index (κ3) is 3.82. The quantitative estimate of drug-likeness (QED) is 0.599. The summed E-state index contributed by atoms with van der Waals surface area (Å²) in [7, 11) is 1.32. The molecular formula is C16H12F2N2O4S. The molecule has 6 nitrogen and oxygen atoms in total. The summed E-state index contributed by atoms with van der Waals surface area (Å²) in [6.07, 6.45) is 1.52. The Hall–Kier alpha value is -2.81. The predicted molar refractivity (Wildman–Crippen MR) is 87.1 cm³/mol. The number of aryl methyl sites for hydroxylation is 1. The minimum Gasteiger partial charge on any atom is -0.493 e. The number of esters is 1. The Morgan fingerprint density at radius 3 is 2.76 bits per heavy atom. The van der Waals surface area contributed by atoms with Crippen LogP contribution in [0.3, 0.4) is 0 Å². The number of cyclic esters (lactones) is 1. The number of hydrogen-bond donors (Lipinski definition) is 0. The number of rotatable bonds is 5. The summed E-state index contributed by atoms with van der Waals surface area (Å²) >= 11 is 1.45. The lowest BCUT2D eigenvalue weighted by Gasteiger charge is -2.10. The van der Waals surface area contributed by atoms with Crippen LogP contribution < -0.4 is 9.47 Å². The molecule has 9 heteroatoms. The second kappa shape index (κ2) is 6.98. The van der Waals surface area contributed by atoms with Crippen molar-refractivity contribution < 1.29 is 27.8 Å². The zero-order valence-corrected chi connectivity index (χ0v) is 14.0. The van der Waals surface area contributed by atoms with Crippen LogP contribution >= 0.6 is 11.3 Å². The molecule has 0 N–H and O–H groups in total. The van der Waals surface area contributed by atoms with Gasteiger partial charge in [0.05, 0.1) is 17.8 Å². The molecule has 0 bridgehead atoms. The number of thiazole rings is 1. The van der Waals surface area contributed by atoms with Crippen molar-refractivity contribution in [2.45, 2.75) is 13.5 Å². The molecule has 0 spiro atoms. The van der Waals surface area contributed by atoms with E-state index >= 15 is 0 Å². The Morgan fingerprint density at radius 2 is 2.12 bits per heavy atom. The van der Waals surface area contributed by atoms with E-state index in [1.54, 1.807) is 5.38 Å². The lowest BCUT2D eigenvalue weighted by Crippen LogP contribution is -2.07. The third-order valence-electron chi connectivity index (χ3n) is 3.17. The molecule has 3 rings (SSSR count). The molecule has 0 saturated carbocycles. The molecule has 2 heterocycles. The largest absolute Gasteiger partial charge is 0.493 e. The number of methoxy groups -OCH3 is 1. The SMILES string of the molecule is COc1cc(C2=N/C(=C\c3csc(C)n3)C(=O)O2)ccc1OC(F)F. The van der Waals surface area contributed by atoms with E-state index in [0.717, 1.165) is 5.01 Å². The molecular weight excluding hydrogens is 354 g/mol. The van der Waals surface area contributed by atoms with Crippen LogP contribution in [0.25, 0.3) is 6.08 Å². The Labute approximate surface area is 145 Å². The molecule has 1 aliphatic heterocycles. The van der Waals surface area contributed by atoms with Gasteiger partial charge in [0.25, 0.3) is 0 Å². The molecule has 0 radical (unpaired) electrons. The molecule has 0 atom stereocenters. The van der Waals surface area contributed by atoms with E-state index in [1.807, 2.05) is 6.92 Å². The summed E-state index contributed by atoms with van der Waals surface area (Å²) in [5, 5.41) is 2.66. The summed E-state index contributed by atoms with van der Waals surface area (Å²) in [4.78, 5) is 20.3. The van der Waals surface area contributed by atoms with Gasteiger partial charge in [0, 0.05) is 10.9 Å². The lowest BCUT2D eigenvalue weighted by molar-refractivity contribution is -0.129. The fourth-order valence-corrected chi connectivity index (χ4v) is 2.68. The van der Waals surface area contributed by atoms with Crippen LogP contribution in [0, 0.1) is 6.92 Å². The fourth-order valence-electron chi connectivity index (χ4n) is 2.11. The van der Waals surface area contributed by atoms with Crippen molar-refractivity contribution in [3.8, 4) is 11.5 Å². The van der Waals surface area contributed by atoms with E-state index in [-0.39, 0.29) is 23.1 Å². The number of aromatic nitrogens is 1. The third-order valence-corrected chi connectivity index (χ3v) is 3.96. The Kier molecular flexibility index (Phi) is 4.75. The lowest BCUT2D eigenvalue weighted by atomic mass is 10.2. The van der Waals surface area contributed by atoms with Crippen LogP contribution in [0.5, 0.6) is 11.5 Å². The second-order valence-electron chi connectivity index (χ2n) is 4.87. The van der Waals surface area contributed by atoms with Crippen LogP contribution in [0.2, 0.25) is 0 Å². The van der Waals surface area contributed by atoms with Crippen LogP contribution in [-0.4, -0.2) is 30.6 Å². The number of nitrogens with zero attached hydrogens (tertiary/aromatic N) is 2. The fraction of sp³-hybridized carbons (Fsp3) is 0.188. The highest BCUT2D eigenvalue weighted by Crippen LogP contribution is 2.31. The van der Waals surface area contributed by atoms with E-state index < -0.39 is 12.6 Å². The van der Waals surface area contributed by atoms with E-state index in [0.29, 0.717) is 11.3 Å². The number of carbonyl (C=O) groups is 1. The summed E-state index contributed by atoms with van der Waals surface area (Å²) in [6, 6.07) is 4.14. The highest BCUT2D eigenvalue weighted by atomic mass is 32.1. The number of benzene rings is 1. The standard InChI is InChI=1S/C16H12F2N2O4S/c1-8-19-10(7-25-8)6-11-15(21)24-14(20-11)9-3-4-12(23-16(17)18)13(5-9)22-2/h3-7,16H,1-2H3/b11-6-. The van der Waals surface area contributed by atoms with Crippen LogP contribution in [0.15, 0.2) is 34.3 Å². The van der Waals surface area contributed by atoms with Gasteiger partial charge < -0.3 is 14.2 Å². The summed E-state index contributed by atoms with van der Waals surface area (Å²) in [6.45, 7) is -1.12. The van der Waals surface area contributed by atoms with Crippen molar-refractivity contribution in [3.63, 3.8) is 0 Å². The average Bonchev–Trinajstić information content (AvgIpc) is 3.14. The van der Waals surface area contributed by atoms with Crippen LogP contribution in [-0.2, 0) is 9.53 Å². The molecule has 130 valence electrons. The minimum absolute atomic E-state index is 0.0464. The maximum atomic E-state index is 12.4. The number of hydrogen-bond acceptors (Lipinski definition) is 7. The van der Waals surface area contributed by atoms with E-state index in [1.165, 1.54) is 42.7 Å². The van der Waals surface area contributed by atoms with Gasteiger partial charge in [0.1, 0.15) is 0 Å². The van der Waals surface area contributed by atoms with Gasteiger partial charge in [-0.15, -0.1) is 11.3 Å². The molecule has 0 amide bonds. The van der Waals surface area contributed by atoms with Gasteiger partial charge in [-0.3, -0.25) is 0 Å². The first kappa shape index (κ1) is 17.0. The second-order valence-corrected chi connectivity index (χ2v) is 5.93. The molecule has 0 aliphatic carbocycles. The molecule has 25 heavy (non-hydrogen) atoms. The Morgan fingerprint density at radius 1 is 1.32 bits per heavy atom. The van der Waals surface area contributed by atoms with Gasteiger partial charge in [-0.05, 0) is 31.2 Å². The number of carbonyl (C=O) groups excluding carboxylic acids is 1. The number of alkyl halides is 2. The predicted octanol–water partition coefficient (Wildman–Crippen LogP) is 3.41. The molecule has 0 saturated heterocycles. The highest BCUT2D eigenvalue weighted by molar-refractivity contribution is 7.09. The highest BCUT2D eigenvalue weighted by Gasteiger charge is 2.25. The summed E-state index contributed by atoms with van der Waals surface area (Å²) < 4.78 is 39.2. The zero-order chi connectivity index (χ0) is 18.0. The first-order chi connectivity index (χ1) is 12.0. The van der Waals surface area contributed by atoms with Gasteiger partial charge in [0.2, 0.25) is 5.90 Å². The van der Waals surface area contributed by atoms with Gasteiger partial charge in [0.15, 0.2) is 17.2 Å². The van der Waals surface area contributed by atoms with E-state index in [2.05, 4.69) is 14.7 Å². The van der Waals surface area contributed by atoms with Crippen molar-refractivity contribution in [3.05, 3.63) is 45.5 Å². The average molecular weight is 366 g/mol.